The zero-order chi connectivity index (χ0) is 12.9. The summed E-state index contributed by atoms with van der Waals surface area (Å²) in [6.45, 7) is 1.14. The van der Waals surface area contributed by atoms with Gasteiger partial charge in [-0.3, -0.25) is 0 Å². The highest BCUT2D eigenvalue weighted by Crippen LogP contribution is 2.18. The molecule has 0 spiro atoms. The van der Waals surface area contributed by atoms with E-state index >= 15 is 0 Å². The molecule has 98 valence electrons. The van der Waals surface area contributed by atoms with Gasteiger partial charge < -0.3 is 10.0 Å². The molecule has 1 aromatic rings. The number of aliphatic hydroxyl groups is 1. The Morgan fingerprint density at radius 1 is 1.47 bits per heavy atom. The molecule has 7 heteroatoms. The van der Waals surface area contributed by atoms with Gasteiger partial charge in [0, 0.05) is 16.8 Å². The normalized spacial score (nSPS) is 12.2. The van der Waals surface area contributed by atoms with Gasteiger partial charge in [-0.05, 0) is 33.1 Å². The molecule has 5 nitrogen and oxygen atoms in total. The Morgan fingerprint density at radius 3 is 2.71 bits per heavy atom. The standard InChI is InChI=1S/C10H18N2O3S2/c1-12(2)5-3-4-11-17(14,15)10-6-9(7-13)16-8-10/h6,8,11,13H,3-5,7H2,1-2H3. The number of rotatable bonds is 7. The van der Waals surface area contributed by atoms with Crippen LogP contribution in [0.2, 0.25) is 0 Å². The van der Waals surface area contributed by atoms with Crippen LogP contribution >= 0.6 is 11.3 Å². The molecular weight excluding hydrogens is 260 g/mol. The van der Waals surface area contributed by atoms with E-state index in [1.807, 2.05) is 19.0 Å². The van der Waals surface area contributed by atoms with Gasteiger partial charge in [-0.25, -0.2) is 13.1 Å². The van der Waals surface area contributed by atoms with Crippen LogP contribution in [0.15, 0.2) is 16.3 Å². The number of nitrogens with one attached hydrogen (secondary N) is 1. The van der Waals surface area contributed by atoms with Crippen LogP contribution in [0, 0.1) is 0 Å². The minimum absolute atomic E-state index is 0.124. The molecule has 0 atom stereocenters. The molecule has 0 amide bonds. The molecule has 0 unspecified atom stereocenters. The minimum Gasteiger partial charge on any atom is -0.391 e. The minimum atomic E-state index is -3.42. The van der Waals surface area contributed by atoms with E-state index in [1.165, 1.54) is 17.4 Å². The van der Waals surface area contributed by atoms with Crippen LogP contribution in [0.5, 0.6) is 0 Å². The summed E-state index contributed by atoms with van der Waals surface area (Å²) in [5, 5.41) is 10.4. The maximum atomic E-state index is 11.8. The van der Waals surface area contributed by atoms with E-state index in [9.17, 15) is 8.42 Å². The molecule has 2 N–H and O–H groups in total. The van der Waals surface area contributed by atoms with Crippen molar-refractivity contribution in [2.75, 3.05) is 27.2 Å². The van der Waals surface area contributed by atoms with E-state index in [0.717, 1.165) is 13.0 Å². The first kappa shape index (κ1) is 14.6. The zero-order valence-corrected chi connectivity index (χ0v) is 11.6. The Hall–Kier alpha value is -0.470. The molecule has 0 aliphatic heterocycles. The summed E-state index contributed by atoms with van der Waals surface area (Å²) in [6, 6.07) is 1.50. The summed E-state index contributed by atoms with van der Waals surface area (Å²) in [5.41, 5.74) is 0. The Balaban J connectivity index is 2.51. The van der Waals surface area contributed by atoms with Gasteiger partial charge in [-0.15, -0.1) is 11.3 Å². The first-order valence-electron chi connectivity index (χ1n) is 5.28. The highest BCUT2D eigenvalue weighted by Gasteiger charge is 2.15. The lowest BCUT2D eigenvalue weighted by Crippen LogP contribution is -2.27. The number of hydrogen-bond donors (Lipinski definition) is 2. The molecule has 1 heterocycles. The third kappa shape index (κ3) is 4.72. The van der Waals surface area contributed by atoms with Crippen LogP contribution < -0.4 is 4.72 Å². The van der Waals surface area contributed by atoms with Crippen LogP contribution in [0.3, 0.4) is 0 Å². The van der Waals surface area contributed by atoms with Gasteiger partial charge in [0.05, 0.1) is 11.5 Å². The summed E-state index contributed by atoms with van der Waals surface area (Å²) in [7, 11) is 0.474. The lowest BCUT2D eigenvalue weighted by atomic mass is 10.4. The van der Waals surface area contributed by atoms with Crippen LogP contribution in [-0.4, -0.2) is 45.6 Å². The second-order valence-electron chi connectivity index (χ2n) is 3.96. The quantitative estimate of drug-likeness (QED) is 0.711. The predicted octanol–water partition coefficient (Wildman–Crippen LogP) is 0.470. The molecular formula is C10H18N2O3S2. The maximum absolute atomic E-state index is 11.8. The Kier molecular flexibility index (Phi) is 5.54. The highest BCUT2D eigenvalue weighted by molar-refractivity contribution is 7.89. The van der Waals surface area contributed by atoms with Crippen LogP contribution in [0.25, 0.3) is 0 Å². The van der Waals surface area contributed by atoms with E-state index in [4.69, 9.17) is 5.11 Å². The number of nitrogens with zero attached hydrogens (tertiary/aromatic N) is 1. The molecule has 1 aromatic heterocycles. The topological polar surface area (TPSA) is 69.6 Å². The van der Waals surface area contributed by atoms with Crippen molar-refractivity contribution in [1.82, 2.24) is 9.62 Å². The van der Waals surface area contributed by atoms with Gasteiger partial charge in [-0.2, -0.15) is 0 Å². The number of hydrogen-bond acceptors (Lipinski definition) is 5. The monoisotopic (exact) mass is 278 g/mol. The molecule has 0 bridgehead atoms. The van der Waals surface area contributed by atoms with Gasteiger partial charge in [0.1, 0.15) is 0 Å². The van der Waals surface area contributed by atoms with Crippen molar-refractivity contribution in [3.8, 4) is 0 Å². The van der Waals surface area contributed by atoms with Crippen molar-refractivity contribution in [3.05, 3.63) is 16.3 Å². The van der Waals surface area contributed by atoms with E-state index in [0.29, 0.717) is 11.4 Å². The van der Waals surface area contributed by atoms with Crippen molar-refractivity contribution in [2.24, 2.45) is 0 Å². The van der Waals surface area contributed by atoms with Gasteiger partial charge in [0.25, 0.3) is 0 Å². The van der Waals surface area contributed by atoms with Crippen molar-refractivity contribution in [3.63, 3.8) is 0 Å². The lowest BCUT2D eigenvalue weighted by Gasteiger charge is -2.09. The summed E-state index contributed by atoms with van der Waals surface area (Å²) < 4.78 is 26.2. The Morgan fingerprint density at radius 2 is 2.18 bits per heavy atom. The molecule has 0 aliphatic carbocycles. The predicted molar refractivity (Wildman–Crippen MR) is 68.6 cm³/mol. The van der Waals surface area contributed by atoms with E-state index in [-0.39, 0.29) is 11.5 Å². The fourth-order valence-electron chi connectivity index (χ4n) is 1.27. The highest BCUT2D eigenvalue weighted by atomic mass is 32.2. The first-order valence-corrected chi connectivity index (χ1v) is 7.64. The zero-order valence-electron chi connectivity index (χ0n) is 10.0. The number of sulfonamides is 1. The molecule has 0 radical (unpaired) electrons. The van der Waals surface area contributed by atoms with Gasteiger partial charge in [0.2, 0.25) is 10.0 Å². The second kappa shape index (κ2) is 6.46. The van der Waals surface area contributed by atoms with Crippen molar-refractivity contribution in [1.29, 1.82) is 0 Å². The summed E-state index contributed by atoms with van der Waals surface area (Å²) in [4.78, 5) is 2.89. The van der Waals surface area contributed by atoms with Crippen molar-refractivity contribution < 1.29 is 13.5 Å². The SMILES string of the molecule is CN(C)CCCNS(=O)(=O)c1csc(CO)c1. The molecule has 1 rings (SSSR count). The molecule has 17 heavy (non-hydrogen) atoms. The maximum Gasteiger partial charge on any atom is 0.241 e. The largest absolute Gasteiger partial charge is 0.391 e. The second-order valence-corrected chi connectivity index (χ2v) is 6.72. The smallest absolute Gasteiger partial charge is 0.241 e. The van der Waals surface area contributed by atoms with E-state index < -0.39 is 10.0 Å². The molecule has 0 aromatic carbocycles. The van der Waals surface area contributed by atoms with Gasteiger partial charge in [-0.1, -0.05) is 0 Å². The van der Waals surface area contributed by atoms with E-state index in [2.05, 4.69) is 4.72 Å². The number of aliphatic hydroxyl groups excluding tert-OH is 1. The molecule has 0 saturated heterocycles. The van der Waals surface area contributed by atoms with E-state index in [1.54, 1.807) is 5.38 Å². The van der Waals surface area contributed by atoms with Crippen molar-refractivity contribution in [2.45, 2.75) is 17.9 Å². The molecule has 0 saturated carbocycles. The fourth-order valence-corrected chi connectivity index (χ4v) is 3.48. The van der Waals surface area contributed by atoms with Crippen LogP contribution in [0.4, 0.5) is 0 Å². The fraction of sp³-hybridized carbons (Fsp3) is 0.600. The summed E-state index contributed by atoms with van der Waals surface area (Å²) in [6.07, 6.45) is 0.767. The van der Waals surface area contributed by atoms with Crippen LogP contribution in [0.1, 0.15) is 11.3 Å². The number of thiophene rings is 1. The molecule has 0 aliphatic rings. The van der Waals surface area contributed by atoms with Crippen molar-refractivity contribution >= 4 is 21.4 Å². The lowest BCUT2D eigenvalue weighted by molar-refractivity contribution is 0.285. The third-order valence-corrected chi connectivity index (χ3v) is 4.68. The summed E-state index contributed by atoms with van der Waals surface area (Å²) in [5.74, 6) is 0. The Labute approximate surface area is 106 Å². The summed E-state index contributed by atoms with van der Waals surface area (Å²) >= 11 is 1.24. The average molecular weight is 278 g/mol. The molecule has 0 fully saturated rings. The Bertz CT molecular complexity index is 440. The average Bonchev–Trinajstić information content (AvgIpc) is 2.73. The van der Waals surface area contributed by atoms with Gasteiger partial charge in [0.15, 0.2) is 0 Å². The van der Waals surface area contributed by atoms with Gasteiger partial charge >= 0.3 is 0 Å². The first-order chi connectivity index (χ1) is 7.95. The third-order valence-electron chi connectivity index (χ3n) is 2.17. The van der Waals surface area contributed by atoms with Crippen LogP contribution in [-0.2, 0) is 16.6 Å².